The van der Waals surface area contributed by atoms with Gasteiger partial charge in [0.2, 0.25) is 0 Å². The van der Waals surface area contributed by atoms with Crippen molar-refractivity contribution < 1.29 is 4.79 Å². The van der Waals surface area contributed by atoms with E-state index in [4.69, 9.17) is 0 Å². The van der Waals surface area contributed by atoms with Gasteiger partial charge in [-0.1, -0.05) is 46.0 Å². The Morgan fingerprint density at radius 3 is 2.73 bits per heavy atom. The van der Waals surface area contributed by atoms with Gasteiger partial charge < -0.3 is 0 Å². The van der Waals surface area contributed by atoms with Gasteiger partial charge >= 0.3 is 0 Å². The fraction of sp³-hybridized carbons (Fsp3) is 0.929. The van der Waals surface area contributed by atoms with Gasteiger partial charge in [0, 0.05) is 12.3 Å². The van der Waals surface area contributed by atoms with Crippen molar-refractivity contribution in [2.75, 3.05) is 0 Å². The Morgan fingerprint density at radius 1 is 1.33 bits per heavy atom. The Bertz CT molecular complexity index is 186. The van der Waals surface area contributed by atoms with Crippen LogP contribution in [0.15, 0.2) is 0 Å². The topological polar surface area (TPSA) is 17.1 Å². The van der Waals surface area contributed by atoms with Crippen LogP contribution in [0, 0.1) is 11.8 Å². The first kappa shape index (κ1) is 12.7. The summed E-state index contributed by atoms with van der Waals surface area (Å²) >= 11 is 0. The van der Waals surface area contributed by atoms with E-state index in [2.05, 4.69) is 13.8 Å². The molecule has 88 valence electrons. The summed E-state index contributed by atoms with van der Waals surface area (Å²) in [6.45, 7) is 4.52. The molecule has 0 aromatic rings. The van der Waals surface area contributed by atoms with Crippen molar-refractivity contribution >= 4 is 5.78 Å². The maximum Gasteiger partial charge on any atom is 0.135 e. The minimum atomic E-state index is 0.417. The Morgan fingerprint density at radius 2 is 2.13 bits per heavy atom. The molecule has 0 amide bonds. The van der Waals surface area contributed by atoms with Crippen molar-refractivity contribution in [2.24, 2.45) is 11.8 Å². The molecule has 1 fully saturated rings. The smallest absolute Gasteiger partial charge is 0.135 e. The van der Waals surface area contributed by atoms with E-state index in [0.717, 1.165) is 18.8 Å². The number of rotatable bonds is 6. The molecule has 1 saturated carbocycles. The highest BCUT2D eigenvalue weighted by atomic mass is 16.1. The molecular weight excluding hydrogens is 184 g/mol. The molecule has 1 heteroatoms. The highest BCUT2D eigenvalue weighted by Gasteiger charge is 2.24. The van der Waals surface area contributed by atoms with Gasteiger partial charge in [-0.3, -0.25) is 4.79 Å². The molecule has 2 atom stereocenters. The largest absolute Gasteiger partial charge is 0.299 e. The van der Waals surface area contributed by atoms with Crippen LogP contribution >= 0.6 is 0 Å². The van der Waals surface area contributed by atoms with Crippen molar-refractivity contribution in [3.63, 3.8) is 0 Å². The monoisotopic (exact) mass is 210 g/mol. The lowest BCUT2D eigenvalue weighted by Gasteiger charge is -2.24. The van der Waals surface area contributed by atoms with Crippen LogP contribution in [-0.4, -0.2) is 5.78 Å². The van der Waals surface area contributed by atoms with Crippen LogP contribution in [0.3, 0.4) is 0 Å². The van der Waals surface area contributed by atoms with E-state index in [-0.39, 0.29) is 0 Å². The number of unbranched alkanes of at least 4 members (excludes halogenated alkanes) is 1. The summed E-state index contributed by atoms with van der Waals surface area (Å²) in [5.74, 6) is 1.77. The molecule has 0 spiro atoms. The molecule has 0 aliphatic heterocycles. The second-order valence-electron chi connectivity index (χ2n) is 5.06. The van der Waals surface area contributed by atoms with E-state index in [1.807, 2.05) is 0 Å². The van der Waals surface area contributed by atoms with Crippen LogP contribution in [0.2, 0.25) is 0 Å². The Balaban J connectivity index is 2.32. The number of hydrogen-bond acceptors (Lipinski definition) is 1. The highest BCUT2D eigenvalue weighted by molar-refractivity contribution is 5.81. The number of Topliss-reactive ketones (excluding diaryl/α,β-unsaturated/α-hetero) is 1. The summed E-state index contributed by atoms with van der Waals surface area (Å²) in [6, 6.07) is 0. The lowest BCUT2D eigenvalue weighted by atomic mass is 9.80. The van der Waals surface area contributed by atoms with Gasteiger partial charge in [-0.2, -0.15) is 0 Å². The first-order valence-electron chi connectivity index (χ1n) is 6.80. The van der Waals surface area contributed by atoms with Gasteiger partial charge in [0.15, 0.2) is 0 Å². The van der Waals surface area contributed by atoms with Gasteiger partial charge in [-0.15, -0.1) is 0 Å². The van der Waals surface area contributed by atoms with E-state index >= 15 is 0 Å². The van der Waals surface area contributed by atoms with Crippen LogP contribution < -0.4 is 0 Å². The molecule has 15 heavy (non-hydrogen) atoms. The summed E-state index contributed by atoms with van der Waals surface area (Å²) in [5, 5.41) is 0. The Labute approximate surface area is 94.6 Å². The first-order valence-corrected chi connectivity index (χ1v) is 6.80. The zero-order valence-electron chi connectivity index (χ0n) is 10.4. The van der Waals surface area contributed by atoms with Crippen LogP contribution in [0.4, 0.5) is 0 Å². The summed E-state index contributed by atoms with van der Waals surface area (Å²) in [6.07, 6.45) is 10.8. The van der Waals surface area contributed by atoms with E-state index in [1.54, 1.807) is 0 Å². The van der Waals surface area contributed by atoms with E-state index in [0.29, 0.717) is 11.7 Å². The first-order chi connectivity index (χ1) is 7.27. The standard InChI is InChI=1S/C14H26O/c1-3-5-8-12(4-2)11-13-9-6-7-10-14(13)15/h12-13H,3-11H2,1-2H3. The van der Waals surface area contributed by atoms with E-state index < -0.39 is 0 Å². The third-order valence-corrected chi connectivity index (χ3v) is 3.84. The minimum Gasteiger partial charge on any atom is -0.299 e. The number of ketones is 1. The molecule has 0 N–H and O–H groups in total. The molecule has 0 saturated heterocycles. The van der Waals surface area contributed by atoms with Crippen molar-refractivity contribution in [3.8, 4) is 0 Å². The number of carbonyl (C=O) groups is 1. The number of carbonyl (C=O) groups excluding carboxylic acids is 1. The van der Waals surface area contributed by atoms with Crippen molar-refractivity contribution in [2.45, 2.75) is 71.6 Å². The average molecular weight is 210 g/mol. The van der Waals surface area contributed by atoms with Crippen LogP contribution in [-0.2, 0) is 4.79 Å². The molecule has 0 heterocycles. The van der Waals surface area contributed by atoms with Gasteiger partial charge in [0.1, 0.15) is 5.78 Å². The maximum atomic E-state index is 11.7. The Hall–Kier alpha value is -0.330. The molecule has 0 aromatic carbocycles. The van der Waals surface area contributed by atoms with E-state index in [1.165, 1.54) is 44.9 Å². The van der Waals surface area contributed by atoms with Gasteiger partial charge in [0.05, 0.1) is 0 Å². The predicted molar refractivity (Wildman–Crippen MR) is 64.9 cm³/mol. The molecule has 1 rings (SSSR count). The zero-order valence-corrected chi connectivity index (χ0v) is 10.4. The van der Waals surface area contributed by atoms with Crippen molar-refractivity contribution in [1.82, 2.24) is 0 Å². The normalized spacial score (nSPS) is 24.1. The lowest BCUT2D eigenvalue weighted by molar-refractivity contribution is -0.125. The highest BCUT2D eigenvalue weighted by Crippen LogP contribution is 2.29. The summed E-state index contributed by atoms with van der Waals surface area (Å²) < 4.78 is 0. The molecule has 0 radical (unpaired) electrons. The second kappa shape index (κ2) is 7.03. The molecular formula is C14H26O. The average Bonchev–Trinajstić information content (AvgIpc) is 2.26. The van der Waals surface area contributed by atoms with Crippen molar-refractivity contribution in [1.29, 1.82) is 0 Å². The van der Waals surface area contributed by atoms with Gasteiger partial charge in [0.25, 0.3) is 0 Å². The van der Waals surface area contributed by atoms with E-state index in [9.17, 15) is 4.79 Å². The molecule has 1 aliphatic carbocycles. The molecule has 1 aliphatic rings. The Kier molecular flexibility index (Phi) is 5.97. The quantitative estimate of drug-likeness (QED) is 0.637. The third-order valence-electron chi connectivity index (χ3n) is 3.84. The van der Waals surface area contributed by atoms with Crippen LogP contribution in [0.5, 0.6) is 0 Å². The third kappa shape index (κ3) is 4.36. The van der Waals surface area contributed by atoms with Crippen molar-refractivity contribution in [3.05, 3.63) is 0 Å². The SMILES string of the molecule is CCCCC(CC)CC1CCCCC1=O. The lowest BCUT2D eigenvalue weighted by Crippen LogP contribution is -2.21. The van der Waals surface area contributed by atoms with Crippen LogP contribution in [0.25, 0.3) is 0 Å². The fourth-order valence-electron chi connectivity index (χ4n) is 2.69. The summed E-state index contributed by atoms with van der Waals surface area (Å²) in [5.41, 5.74) is 0. The van der Waals surface area contributed by atoms with Gasteiger partial charge in [-0.25, -0.2) is 0 Å². The second-order valence-corrected chi connectivity index (χ2v) is 5.06. The number of hydrogen-bond donors (Lipinski definition) is 0. The molecule has 1 nitrogen and oxygen atoms in total. The summed E-state index contributed by atoms with van der Waals surface area (Å²) in [7, 11) is 0. The fourth-order valence-corrected chi connectivity index (χ4v) is 2.69. The molecule has 2 unspecified atom stereocenters. The molecule has 0 aromatic heterocycles. The minimum absolute atomic E-state index is 0.417. The van der Waals surface area contributed by atoms with Gasteiger partial charge in [-0.05, 0) is 25.2 Å². The zero-order chi connectivity index (χ0) is 11.1. The maximum absolute atomic E-state index is 11.7. The predicted octanol–water partition coefficient (Wildman–Crippen LogP) is 4.35. The van der Waals surface area contributed by atoms with Crippen LogP contribution in [0.1, 0.15) is 71.6 Å². The summed E-state index contributed by atoms with van der Waals surface area (Å²) in [4.78, 5) is 11.7. The molecule has 0 bridgehead atoms.